The van der Waals surface area contributed by atoms with Crippen LogP contribution in [0.25, 0.3) is 0 Å². The molecule has 0 bridgehead atoms. The first-order chi connectivity index (χ1) is 7.06. The maximum absolute atomic E-state index is 10.3. The highest BCUT2D eigenvalue weighted by molar-refractivity contribution is 5.85. The van der Waals surface area contributed by atoms with Crippen LogP contribution in [0.5, 0.6) is 0 Å². The molecule has 0 amide bonds. The third-order valence-electron chi connectivity index (χ3n) is 2.64. The molecule has 0 N–H and O–H groups in total. The van der Waals surface area contributed by atoms with Crippen molar-refractivity contribution in [3.63, 3.8) is 0 Å². The summed E-state index contributed by atoms with van der Waals surface area (Å²) in [5, 5.41) is 2.82. The third kappa shape index (κ3) is 4.93. The van der Waals surface area contributed by atoms with Crippen molar-refractivity contribution < 1.29 is 0 Å². The van der Waals surface area contributed by atoms with Gasteiger partial charge in [-0.25, -0.2) is 0 Å². The van der Waals surface area contributed by atoms with E-state index in [4.69, 9.17) is 0 Å². The van der Waals surface area contributed by atoms with Crippen LogP contribution in [0.4, 0.5) is 0 Å². The van der Waals surface area contributed by atoms with Crippen molar-refractivity contribution >= 4 is 24.8 Å². The van der Waals surface area contributed by atoms with E-state index in [1.807, 2.05) is 43.3 Å². The molecule has 0 saturated heterocycles. The van der Waals surface area contributed by atoms with Gasteiger partial charge in [0.1, 0.15) is 12.0 Å². The van der Waals surface area contributed by atoms with Gasteiger partial charge in [0.25, 0.3) is 0 Å². The number of nitroso groups, excluding NO2 is 1. The number of hydrogen-bond donors (Lipinski definition) is 0. The van der Waals surface area contributed by atoms with Crippen LogP contribution >= 0.6 is 24.8 Å². The van der Waals surface area contributed by atoms with Crippen molar-refractivity contribution in [1.29, 1.82) is 0 Å². The van der Waals surface area contributed by atoms with E-state index in [-0.39, 0.29) is 24.8 Å². The molecule has 1 aliphatic rings. The van der Waals surface area contributed by atoms with Crippen molar-refractivity contribution in [1.82, 2.24) is 14.7 Å². The molecular weight excluding hydrogens is 263 g/mol. The summed E-state index contributed by atoms with van der Waals surface area (Å²) in [5.41, 5.74) is 0. The molecule has 0 saturated carbocycles. The highest BCUT2D eigenvalue weighted by atomic mass is 35.5. The Morgan fingerprint density at radius 3 is 2.47 bits per heavy atom. The van der Waals surface area contributed by atoms with Gasteiger partial charge in [0.2, 0.25) is 0 Å². The maximum atomic E-state index is 10.3. The van der Waals surface area contributed by atoms with Gasteiger partial charge in [-0.3, -0.25) is 0 Å². The van der Waals surface area contributed by atoms with E-state index < -0.39 is 0 Å². The Kier molecular flexibility index (Phi) is 9.11. The molecule has 1 aliphatic heterocycles. The third-order valence-corrected chi connectivity index (χ3v) is 2.64. The number of halogens is 2. The fraction of sp³-hybridized carbons (Fsp3) is 0.600. The predicted molar refractivity (Wildman–Crippen MR) is 75.1 cm³/mol. The first-order valence-corrected chi connectivity index (χ1v) is 4.93. The van der Waals surface area contributed by atoms with Crippen LogP contribution in [0.15, 0.2) is 29.6 Å². The van der Waals surface area contributed by atoms with Gasteiger partial charge in [-0.1, -0.05) is 0 Å². The molecule has 0 fully saturated rings. The summed E-state index contributed by atoms with van der Waals surface area (Å²) >= 11 is 0. The van der Waals surface area contributed by atoms with E-state index in [1.54, 1.807) is 0 Å². The van der Waals surface area contributed by atoms with E-state index in [0.717, 1.165) is 12.4 Å². The average molecular weight is 283 g/mol. The molecule has 0 aliphatic carbocycles. The average Bonchev–Trinajstić information content (AvgIpc) is 2.50. The van der Waals surface area contributed by atoms with Crippen LogP contribution < -0.4 is 0 Å². The Bertz CT molecular complexity index is 294. The summed E-state index contributed by atoms with van der Waals surface area (Å²) in [6, 6.07) is 0.413. The number of rotatable bonds is 4. The molecule has 1 unspecified atom stereocenters. The lowest BCUT2D eigenvalue weighted by Gasteiger charge is -2.27. The Morgan fingerprint density at radius 1 is 1.41 bits per heavy atom. The van der Waals surface area contributed by atoms with Crippen molar-refractivity contribution in [3.8, 4) is 0 Å². The lowest BCUT2D eigenvalue weighted by Crippen LogP contribution is -2.36. The predicted octanol–water partition coefficient (Wildman–Crippen LogP) is 2.06. The van der Waals surface area contributed by atoms with Gasteiger partial charge in [0.15, 0.2) is 0 Å². The van der Waals surface area contributed by atoms with Crippen LogP contribution in [0.3, 0.4) is 0 Å². The van der Waals surface area contributed by atoms with Crippen LogP contribution in [0.2, 0.25) is 0 Å². The van der Waals surface area contributed by atoms with Gasteiger partial charge in [-0.15, -0.1) is 29.7 Å². The van der Waals surface area contributed by atoms with Gasteiger partial charge in [-0.2, -0.15) is 0 Å². The zero-order valence-corrected chi connectivity index (χ0v) is 12.2. The minimum absolute atomic E-state index is 0. The maximum Gasteiger partial charge on any atom is 0.134 e. The summed E-state index contributed by atoms with van der Waals surface area (Å²) in [7, 11) is 5.97. The summed E-state index contributed by atoms with van der Waals surface area (Å²) in [4.78, 5) is 16.3. The van der Waals surface area contributed by atoms with Gasteiger partial charge >= 0.3 is 0 Å². The van der Waals surface area contributed by atoms with Crippen LogP contribution in [-0.2, 0) is 0 Å². The zero-order valence-electron chi connectivity index (χ0n) is 10.5. The molecule has 1 atom stereocenters. The lowest BCUT2D eigenvalue weighted by atomic mass is 10.3. The molecule has 0 aromatic carbocycles. The van der Waals surface area contributed by atoms with E-state index >= 15 is 0 Å². The van der Waals surface area contributed by atoms with Crippen LogP contribution in [-0.4, -0.2) is 48.4 Å². The molecular formula is C10H20Cl2N4O. The smallest absolute Gasteiger partial charge is 0.134 e. The number of likely N-dealkylation sites (N-methyl/N-ethyl adjacent to an activating group) is 1. The van der Waals surface area contributed by atoms with E-state index in [9.17, 15) is 4.91 Å². The van der Waals surface area contributed by atoms with E-state index in [1.165, 1.54) is 6.20 Å². The zero-order chi connectivity index (χ0) is 11.4. The monoisotopic (exact) mass is 282 g/mol. The largest absolute Gasteiger partial charge is 0.335 e. The minimum atomic E-state index is 0. The van der Waals surface area contributed by atoms with Crippen molar-refractivity contribution in [2.75, 3.05) is 27.7 Å². The Balaban J connectivity index is 0. The van der Waals surface area contributed by atoms with Gasteiger partial charge in [-0.05, 0) is 26.2 Å². The van der Waals surface area contributed by atoms with Crippen molar-refractivity contribution in [2.24, 2.45) is 5.18 Å². The molecule has 0 radical (unpaired) electrons. The second-order valence-corrected chi connectivity index (χ2v) is 3.97. The van der Waals surface area contributed by atoms with E-state index in [2.05, 4.69) is 17.0 Å². The second kappa shape index (κ2) is 8.33. The number of hydrogen-bond acceptors (Lipinski definition) is 5. The molecule has 1 rings (SSSR count). The molecule has 0 spiro atoms. The summed E-state index contributed by atoms with van der Waals surface area (Å²) in [6.45, 7) is 2.98. The molecule has 0 aromatic rings. The fourth-order valence-corrected chi connectivity index (χ4v) is 1.35. The summed E-state index contributed by atoms with van der Waals surface area (Å²) in [5.74, 6) is 0.818. The second-order valence-electron chi connectivity index (χ2n) is 3.97. The van der Waals surface area contributed by atoms with Crippen LogP contribution in [0, 0.1) is 4.91 Å². The van der Waals surface area contributed by atoms with E-state index in [0.29, 0.717) is 6.04 Å². The first kappa shape index (κ1) is 18.6. The quantitative estimate of drug-likeness (QED) is 0.740. The van der Waals surface area contributed by atoms with Gasteiger partial charge in [0.05, 0.1) is 0 Å². The molecule has 5 nitrogen and oxygen atoms in total. The topological polar surface area (TPSA) is 39.1 Å². The number of nitrogens with zero attached hydrogens (tertiary/aromatic N) is 4. The normalized spacial score (nSPS) is 18.1. The molecule has 1 heterocycles. The molecule has 100 valence electrons. The minimum Gasteiger partial charge on any atom is -0.335 e. The molecule has 7 heteroatoms. The molecule has 0 aromatic heterocycles. The standard InChI is InChI=1S/C10H18N4O.2ClH/c1-9(12(2)3)8-14-6-5-13(4)10(14)7-11-15;;/h5-7,9H,8H2,1-4H3;2*1H. The van der Waals surface area contributed by atoms with Gasteiger partial charge < -0.3 is 14.7 Å². The highest BCUT2D eigenvalue weighted by Gasteiger charge is 2.19. The molecule has 17 heavy (non-hydrogen) atoms. The first-order valence-electron chi connectivity index (χ1n) is 4.93. The van der Waals surface area contributed by atoms with Crippen LogP contribution in [0.1, 0.15) is 6.92 Å². The summed E-state index contributed by atoms with van der Waals surface area (Å²) in [6.07, 6.45) is 5.21. The SMILES string of the molecule is CC(CN1C=CN(C)C1=CN=O)N(C)C.Cl.Cl. The van der Waals surface area contributed by atoms with Crippen molar-refractivity contribution in [3.05, 3.63) is 29.3 Å². The Hall–Kier alpha value is -0.780. The van der Waals surface area contributed by atoms with Gasteiger partial charge in [0, 0.05) is 32.0 Å². The van der Waals surface area contributed by atoms with Crippen molar-refractivity contribution in [2.45, 2.75) is 13.0 Å². The highest BCUT2D eigenvalue weighted by Crippen LogP contribution is 2.18. The lowest BCUT2D eigenvalue weighted by molar-refractivity contribution is 0.250. The Morgan fingerprint density at radius 2 is 2.00 bits per heavy atom. The summed E-state index contributed by atoms with van der Waals surface area (Å²) < 4.78 is 0. The Labute approximate surface area is 115 Å². The fourth-order valence-electron chi connectivity index (χ4n) is 1.35.